The van der Waals surface area contributed by atoms with Crippen LogP contribution < -0.4 is 0 Å². The number of benzene rings is 1. The van der Waals surface area contributed by atoms with Crippen molar-refractivity contribution in [2.45, 2.75) is 0 Å². The van der Waals surface area contributed by atoms with Gasteiger partial charge in [0.1, 0.15) is 0 Å². The lowest BCUT2D eigenvalue weighted by atomic mass is 10.2. The summed E-state index contributed by atoms with van der Waals surface area (Å²) < 4.78 is 2.77. The SMILES string of the molecule is O=C(O)c1ccc2nnc(-c3cccc(I)c3)n2c1. The summed E-state index contributed by atoms with van der Waals surface area (Å²) in [7, 11) is 0. The van der Waals surface area contributed by atoms with Gasteiger partial charge in [0, 0.05) is 15.3 Å². The van der Waals surface area contributed by atoms with Gasteiger partial charge in [-0.2, -0.15) is 0 Å². The summed E-state index contributed by atoms with van der Waals surface area (Å²) in [4.78, 5) is 11.0. The molecule has 2 aromatic heterocycles. The minimum atomic E-state index is -0.968. The highest BCUT2D eigenvalue weighted by atomic mass is 127. The number of aromatic carboxylic acids is 1. The molecule has 0 bridgehead atoms. The largest absolute Gasteiger partial charge is 0.478 e. The van der Waals surface area contributed by atoms with E-state index >= 15 is 0 Å². The molecule has 19 heavy (non-hydrogen) atoms. The molecule has 0 aliphatic carbocycles. The lowest BCUT2D eigenvalue weighted by Crippen LogP contribution is -1.99. The quantitative estimate of drug-likeness (QED) is 0.710. The van der Waals surface area contributed by atoms with Crippen molar-refractivity contribution in [1.82, 2.24) is 14.6 Å². The van der Waals surface area contributed by atoms with Crippen LogP contribution in [0.2, 0.25) is 0 Å². The molecule has 2 heterocycles. The normalized spacial score (nSPS) is 10.8. The Hall–Kier alpha value is -1.96. The van der Waals surface area contributed by atoms with Gasteiger partial charge >= 0.3 is 5.97 Å². The van der Waals surface area contributed by atoms with E-state index < -0.39 is 5.97 Å². The highest BCUT2D eigenvalue weighted by molar-refractivity contribution is 14.1. The lowest BCUT2D eigenvalue weighted by Gasteiger charge is -2.02. The maximum absolute atomic E-state index is 11.0. The van der Waals surface area contributed by atoms with Gasteiger partial charge in [0.15, 0.2) is 11.5 Å². The minimum absolute atomic E-state index is 0.208. The van der Waals surface area contributed by atoms with E-state index in [2.05, 4.69) is 32.8 Å². The Balaban J connectivity index is 2.24. The number of pyridine rings is 1. The molecule has 0 aliphatic heterocycles. The topological polar surface area (TPSA) is 67.5 Å². The molecule has 0 spiro atoms. The van der Waals surface area contributed by atoms with Gasteiger partial charge in [-0.05, 0) is 46.9 Å². The number of carbonyl (C=O) groups is 1. The first kappa shape index (κ1) is 12.1. The number of carboxylic acid groups (broad SMARTS) is 1. The van der Waals surface area contributed by atoms with E-state index in [0.717, 1.165) is 9.13 Å². The van der Waals surface area contributed by atoms with Crippen LogP contribution in [-0.4, -0.2) is 25.7 Å². The second-order valence-electron chi connectivity index (χ2n) is 3.99. The molecule has 94 valence electrons. The fraction of sp³-hybridized carbons (Fsp3) is 0. The van der Waals surface area contributed by atoms with Crippen LogP contribution >= 0.6 is 22.6 Å². The highest BCUT2D eigenvalue weighted by Gasteiger charge is 2.11. The zero-order valence-corrected chi connectivity index (χ0v) is 11.8. The number of rotatable bonds is 2. The van der Waals surface area contributed by atoms with Gasteiger partial charge in [0.05, 0.1) is 5.56 Å². The monoisotopic (exact) mass is 365 g/mol. The van der Waals surface area contributed by atoms with E-state index in [1.54, 1.807) is 10.5 Å². The van der Waals surface area contributed by atoms with Gasteiger partial charge < -0.3 is 5.11 Å². The standard InChI is InChI=1S/C13H8IN3O2/c14-10-3-1-2-8(6-10)12-16-15-11-5-4-9(13(18)19)7-17(11)12/h1-7H,(H,18,19). The Bertz CT molecular complexity index is 782. The third kappa shape index (κ3) is 2.19. The number of hydrogen-bond donors (Lipinski definition) is 1. The van der Waals surface area contributed by atoms with Gasteiger partial charge in [0.25, 0.3) is 0 Å². The predicted octanol–water partition coefficient (Wildman–Crippen LogP) is 2.70. The Kier molecular flexibility index (Phi) is 2.94. The molecular formula is C13H8IN3O2. The van der Waals surface area contributed by atoms with Crippen LogP contribution in [0.3, 0.4) is 0 Å². The molecular weight excluding hydrogens is 357 g/mol. The van der Waals surface area contributed by atoms with Crippen molar-refractivity contribution in [3.63, 3.8) is 0 Å². The Morgan fingerprint density at radius 1 is 1.21 bits per heavy atom. The average molecular weight is 365 g/mol. The zero-order chi connectivity index (χ0) is 13.4. The van der Waals surface area contributed by atoms with E-state index in [0.29, 0.717) is 11.5 Å². The van der Waals surface area contributed by atoms with Gasteiger partial charge in [-0.25, -0.2) is 4.79 Å². The maximum atomic E-state index is 11.0. The van der Waals surface area contributed by atoms with Gasteiger partial charge in [-0.15, -0.1) is 10.2 Å². The zero-order valence-electron chi connectivity index (χ0n) is 9.62. The van der Waals surface area contributed by atoms with E-state index in [-0.39, 0.29) is 5.56 Å². The minimum Gasteiger partial charge on any atom is -0.478 e. The van der Waals surface area contributed by atoms with E-state index in [9.17, 15) is 4.79 Å². The molecule has 0 atom stereocenters. The molecule has 0 fully saturated rings. The molecule has 3 aromatic rings. The summed E-state index contributed by atoms with van der Waals surface area (Å²) in [5.41, 5.74) is 1.74. The van der Waals surface area contributed by atoms with Crippen LogP contribution in [0.25, 0.3) is 17.0 Å². The van der Waals surface area contributed by atoms with Crippen LogP contribution in [0.5, 0.6) is 0 Å². The molecule has 0 amide bonds. The molecule has 1 aromatic carbocycles. The smallest absolute Gasteiger partial charge is 0.337 e. The van der Waals surface area contributed by atoms with E-state index in [1.807, 2.05) is 24.3 Å². The van der Waals surface area contributed by atoms with Crippen LogP contribution in [0, 0.1) is 3.57 Å². The van der Waals surface area contributed by atoms with Crippen molar-refractivity contribution in [3.05, 3.63) is 51.7 Å². The van der Waals surface area contributed by atoms with Crippen molar-refractivity contribution in [1.29, 1.82) is 0 Å². The number of hydrogen-bond acceptors (Lipinski definition) is 3. The second kappa shape index (κ2) is 4.61. The number of nitrogens with zero attached hydrogens (tertiary/aromatic N) is 3. The van der Waals surface area contributed by atoms with Crippen molar-refractivity contribution in [2.75, 3.05) is 0 Å². The van der Waals surface area contributed by atoms with Crippen LogP contribution in [0.4, 0.5) is 0 Å². The first-order valence-corrected chi connectivity index (χ1v) is 6.57. The molecule has 0 saturated carbocycles. The molecule has 0 unspecified atom stereocenters. The number of carboxylic acids is 1. The molecule has 1 N–H and O–H groups in total. The second-order valence-corrected chi connectivity index (χ2v) is 5.23. The molecule has 6 heteroatoms. The lowest BCUT2D eigenvalue weighted by molar-refractivity contribution is 0.0696. The summed E-state index contributed by atoms with van der Waals surface area (Å²) in [5.74, 6) is -0.333. The molecule has 0 aliphatic rings. The van der Waals surface area contributed by atoms with Crippen molar-refractivity contribution < 1.29 is 9.90 Å². The van der Waals surface area contributed by atoms with Crippen molar-refractivity contribution in [3.8, 4) is 11.4 Å². The predicted molar refractivity (Wildman–Crippen MR) is 78.1 cm³/mol. The van der Waals surface area contributed by atoms with Crippen LogP contribution in [0.15, 0.2) is 42.6 Å². The van der Waals surface area contributed by atoms with Crippen LogP contribution in [0.1, 0.15) is 10.4 Å². The number of aromatic nitrogens is 3. The summed E-state index contributed by atoms with van der Waals surface area (Å²) in [6, 6.07) is 11.0. The van der Waals surface area contributed by atoms with Gasteiger partial charge in [-0.1, -0.05) is 12.1 Å². The number of fused-ring (bicyclic) bond motifs is 1. The summed E-state index contributed by atoms with van der Waals surface area (Å²) >= 11 is 2.22. The van der Waals surface area contributed by atoms with Crippen molar-refractivity contribution >= 4 is 34.2 Å². The first-order chi connectivity index (χ1) is 9.15. The third-order valence-corrected chi connectivity index (χ3v) is 3.40. The Morgan fingerprint density at radius 2 is 2.05 bits per heavy atom. The summed E-state index contributed by atoms with van der Waals surface area (Å²) in [6.45, 7) is 0. The maximum Gasteiger partial charge on any atom is 0.337 e. The molecule has 0 radical (unpaired) electrons. The van der Waals surface area contributed by atoms with E-state index in [4.69, 9.17) is 5.11 Å². The van der Waals surface area contributed by atoms with Gasteiger partial charge in [-0.3, -0.25) is 4.40 Å². The number of halogens is 1. The summed E-state index contributed by atoms with van der Waals surface area (Å²) in [6.07, 6.45) is 1.53. The fourth-order valence-electron chi connectivity index (χ4n) is 1.84. The van der Waals surface area contributed by atoms with Gasteiger partial charge in [0.2, 0.25) is 0 Å². The Morgan fingerprint density at radius 3 is 2.79 bits per heavy atom. The highest BCUT2D eigenvalue weighted by Crippen LogP contribution is 2.20. The molecule has 5 nitrogen and oxygen atoms in total. The summed E-state index contributed by atoms with van der Waals surface area (Å²) in [5, 5.41) is 17.2. The fourth-order valence-corrected chi connectivity index (χ4v) is 2.38. The molecule has 3 rings (SSSR count). The molecule has 0 saturated heterocycles. The Labute approximate surface area is 122 Å². The first-order valence-electron chi connectivity index (χ1n) is 5.49. The third-order valence-electron chi connectivity index (χ3n) is 2.73. The van der Waals surface area contributed by atoms with Crippen molar-refractivity contribution in [2.24, 2.45) is 0 Å². The van der Waals surface area contributed by atoms with Crippen LogP contribution in [-0.2, 0) is 0 Å². The van der Waals surface area contributed by atoms with E-state index in [1.165, 1.54) is 12.3 Å². The average Bonchev–Trinajstić information content (AvgIpc) is 2.81.